The van der Waals surface area contributed by atoms with Crippen molar-refractivity contribution in [1.82, 2.24) is 10.3 Å². The molecular formula is C15H24N2S2. The molecule has 1 aromatic heterocycles. The standard InChI is InChI=1S/C15H24N2S2/c1-10(2)18-9-14-17-15-11(8-16-12-6-7-12)4-3-5-13(15)19-14/h10-12,16H,3-9H2,1-2H3. The van der Waals surface area contributed by atoms with Gasteiger partial charge in [0.15, 0.2) is 0 Å². The molecule has 1 unspecified atom stereocenters. The third kappa shape index (κ3) is 3.73. The Hall–Kier alpha value is -0.0600. The minimum Gasteiger partial charge on any atom is -0.313 e. The summed E-state index contributed by atoms with van der Waals surface area (Å²) in [7, 11) is 0. The van der Waals surface area contributed by atoms with Crippen molar-refractivity contribution in [3.05, 3.63) is 15.6 Å². The number of hydrogen-bond acceptors (Lipinski definition) is 4. The number of rotatable bonds is 6. The molecule has 1 heterocycles. The van der Waals surface area contributed by atoms with Crippen molar-refractivity contribution in [2.24, 2.45) is 0 Å². The van der Waals surface area contributed by atoms with Gasteiger partial charge in [0.25, 0.3) is 0 Å². The van der Waals surface area contributed by atoms with Gasteiger partial charge < -0.3 is 5.32 Å². The van der Waals surface area contributed by atoms with Crippen LogP contribution in [0.3, 0.4) is 0 Å². The minimum atomic E-state index is 0.679. The molecule has 0 bridgehead atoms. The van der Waals surface area contributed by atoms with E-state index in [0.717, 1.165) is 18.3 Å². The zero-order valence-electron chi connectivity index (χ0n) is 11.9. The average molecular weight is 297 g/mol. The molecule has 1 atom stereocenters. The second-order valence-electron chi connectivity index (χ2n) is 6.05. The van der Waals surface area contributed by atoms with Crippen LogP contribution in [0.15, 0.2) is 0 Å². The monoisotopic (exact) mass is 296 g/mol. The fourth-order valence-corrected chi connectivity index (χ4v) is 4.62. The molecule has 0 amide bonds. The van der Waals surface area contributed by atoms with E-state index in [1.807, 2.05) is 23.1 Å². The van der Waals surface area contributed by atoms with Gasteiger partial charge in [-0.25, -0.2) is 4.98 Å². The van der Waals surface area contributed by atoms with Crippen LogP contribution in [0.4, 0.5) is 0 Å². The maximum Gasteiger partial charge on any atom is 0.103 e. The summed E-state index contributed by atoms with van der Waals surface area (Å²) in [5, 5.41) is 5.74. The van der Waals surface area contributed by atoms with Gasteiger partial charge in [-0.15, -0.1) is 11.3 Å². The lowest BCUT2D eigenvalue weighted by Gasteiger charge is -2.21. The largest absolute Gasteiger partial charge is 0.313 e. The van der Waals surface area contributed by atoms with Crippen molar-refractivity contribution in [2.45, 2.75) is 68.9 Å². The Morgan fingerprint density at radius 2 is 2.21 bits per heavy atom. The van der Waals surface area contributed by atoms with E-state index in [9.17, 15) is 0 Å². The Morgan fingerprint density at radius 1 is 1.37 bits per heavy atom. The zero-order valence-corrected chi connectivity index (χ0v) is 13.6. The van der Waals surface area contributed by atoms with Gasteiger partial charge in [0.2, 0.25) is 0 Å². The summed E-state index contributed by atoms with van der Waals surface area (Å²) in [6, 6.07) is 0.819. The highest BCUT2D eigenvalue weighted by Gasteiger charge is 2.27. The Labute approximate surface area is 124 Å². The van der Waals surface area contributed by atoms with Crippen LogP contribution in [-0.4, -0.2) is 22.8 Å². The lowest BCUT2D eigenvalue weighted by atomic mass is 9.91. The summed E-state index contributed by atoms with van der Waals surface area (Å²) in [4.78, 5) is 6.54. The first-order chi connectivity index (χ1) is 9.22. The molecule has 0 radical (unpaired) electrons. The topological polar surface area (TPSA) is 24.9 Å². The van der Waals surface area contributed by atoms with Gasteiger partial charge in [0.1, 0.15) is 5.01 Å². The van der Waals surface area contributed by atoms with Gasteiger partial charge in [-0.2, -0.15) is 11.8 Å². The second-order valence-corrected chi connectivity index (χ2v) is 8.78. The summed E-state index contributed by atoms with van der Waals surface area (Å²) < 4.78 is 0. The molecule has 0 aliphatic heterocycles. The van der Waals surface area contributed by atoms with Crippen LogP contribution in [0, 0.1) is 0 Å². The molecular weight excluding hydrogens is 272 g/mol. The van der Waals surface area contributed by atoms with Crippen molar-refractivity contribution in [1.29, 1.82) is 0 Å². The van der Waals surface area contributed by atoms with Crippen molar-refractivity contribution >= 4 is 23.1 Å². The number of fused-ring (bicyclic) bond motifs is 1. The summed E-state index contributed by atoms with van der Waals surface area (Å²) in [6.07, 6.45) is 6.70. The van der Waals surface area contributed by atoms with E-state index in [-0.39, 0.29) is 0 Å². The molecule has 1 N–H and O–H groups in total. The van der Waals surface area contributed by atoms with Gasteiger partial charge in [-0.3, -0.25) is 0 Å². The molecule has 0 spiro atoms. The number of nitrogens with zero attached hydrogens (tertiary/aromatic N) is 1. The average Bonchev–Trinajstić information content (AvgIpc) is 3.11. The van der Waals surface area contributed by atoms with Crippen LogP contribution in [-0.2, 0) is 12.2 Å². The van der Waals surface area contributed by atoms with Crippen molar-refractivity contribution < 1.29 is 0 Å². The molecule has 0 saturated heterocycles. The summed E-state index contributed by atoms with van der Waals surface area (Å²) in [6.45, 7) is 5.68. The van der Waals surface area contributed by atoms with E-state index in [2.05, 4.69) is 19.2 Å². The highest BCUT2D eigenvalue weighted by Crippen LogP contribution is 2.36. The SMILES string of the molecule is CC(C)SCc1nc2c(s1)CCCC2CNC1CC1. The van der Waals surface area contributed by atoms with Crippen molar-refractivity contribution in [3.63, 3.8) is 0 Å². The molecule has 2 aliphatic carbocycles. The molecule has 3 rings (SSSR count). The predicted octanol–water partition coefficient (Wildman–Crippen LogP) is 3.96. The molecule has 1 aromatic rings. The quantitative estimate of drug-likeness (QED) is 0.860. The number of thiazole rings is 1. The maximum atomic E-state index is 4.96. The fraction of sp³-hybridized carbons (Fsp3) is 0.800. The molecule has 19 heavy (non-hydrogen) atoms. The molecule has 106 valence electrons. The smallest absolute Gasteiger partial charge is 0.103 e. The molecule has 1 fully saturated rings. The zero-order chi connectivity index (χ0) is 13.2. The normalized spacial score (nSPS) is 22.8. The summed E-state index contributed by atoms with van der Waals surface area (Å²) >= 11 is 3.98. The van der Waals surface area contributed by atoms with Gasteiger partial charge >= 0.3 is 0 Å². The number of nitrogens with one attached hydrogen (secondary N) is 1. The third-order valence-corrected chi connectivity index (χ3v) is 6.31. The number of hydrogen-bond donors (Lipinski definition) is 1. The molecule has 2 aliphatic rings. The second kappa shape index (κ2) is 6.15. The van der Waals surface area contributed by atoms with E-state index in [1.165, 1.54) is 42.8 Å². The fourth-order valence-electron chi connectivity index (χ4n) is 2.65. The summed E-state index contributed by atoms with van der Waals surface area (Å²) in [5.41, 5.74) is 1.43. The Bertz CT molecular complexity index is 424. The highest BCUT2D eigenvalue weighted by atomic mass is 32.2. The first-order valence-electron chi connectivity index (χ1n) is 7.56. The van der Waals surface area contributed by atoms with Gasteiger partial charge in [0, 0.05) is 29.1 Å². The van der Waals surface area contributed by atoms with Crippen LogP contribution in [0.1, 0.15) is 61.0 Å². The lowest BCUT2D eigenvalue weighted by Crippen LogP contribution is -2.25. The summed E-state index contributed by atoms with van der Waals surface area (Å²) in [5.74, 6) is 1.77. The number of aromatic nitrogens is 1. The molecule has 2 nitrogen and oxygen atoms in total. The Morgan fingerprint density at radius 3 is 2.95 bits per heavy atom. The Kier molecular flexibility index (Phi) is 4.50. The highest BCUT2D eigenvalue weighted by molar-refractivity contribution is 7.99. The van der Waals surface area contributed by atoms with Crippen LogP contribution < -0.4 is 5.32 Å². The minimum absolute atomic E-state index is 0.679. The first kappa shape index (κ1) is 13.9. The van der Waals surface area contributed by atoms with Crippen LogP contribution >= 0.6 is 23.1 Å². The van der Waals surface area contributed by atoms with E-state index >= 15 is 0 Å². The van der Waals surface area contributed by atoms with E-state index in [0.29, 0.717) is 11.2 Å². The number of aryl methyl sites for hydroxylation is 1. The van der Waals surface area contributed by atoms with Crippen LogP contribution in [0.2, 0.25) is 0 Å². The molecule has 1 saturated carbocycles. The molecule has 4 heteroatoms. The van der Waals surface area contributed by atoms with Gasteiger partial charge in [-0.05, 0) is 37.4 Å². The van der Waals surface area contributed by atoms with Gasteiger partial charge in [-0.1, -0.05) is 13.8 Å². The maximum absolute atomic E-state index is 4.96. The van der Waals surface area contributed by atoms with Crippen molar-refractivity contribution in [3.8, 4) is 0 Å². The predicted molar refractivity (Wildman–Crippen MR) is 85.2 cm³/mol. The van der Waals surface area contributed by atoms with E-state index in [4.69, 9.17) is 4.98 Å². The van der Waals surface area contributed by atoms with Crippen LogP contribution in [0.25, 0.3) is 0 Å². The van der Waals surface area contributed by atoms with Crippen molar-refractivity contribution in [2.75, 3.05) is 6.54 Å². The van der Waals surface area contributed by atoms with E-state index in [1.54, 1.807) is 4.88 Å². The lowest BCUT2D eigenvalue weighted by molar-refractivity contribution is 0.500. The van der Waals surface area contributed by atoms with Gasteiger partial charge in [0.05, 0.1) is 5.69 Å². The third-order valence-electron chi connectivity index (χ3n) is 3.89. The van der Waals surface area contributed by atoms with E-state index < -0.39 is 0 Å². The first-order valence-corrected chi connectivity index (χ1v) is 9.42. The molecule has 0 aromatic carbocycles. The Balaban J connectivity index is 1.64. The number of thioether (sulfide) groups is 1. The van der Waals surface area contributed by atoms with Crippen LogP contribution in [0.5, 0.6) is 0 Å².